The van der Waals surface area contributed by atoms with Crippen molar-refractivity contribution in [2.75, 3.05) is 11.1 Å². The molecule has 9 heteroatoms. The Morgan fingerprint density at radius 1 is 1.27 bits per heavy atom. The Balaban J connectivity index is 1.68. The summed E-state index contributed by atoms with van der Waals surface area (Å²) >= 11 is 4.57. The Morgan fingerprint density at radius 3 is 2.69 bits per heavy atom. The number of hydrogen-bond donors (Lipinski definition) is 1. The predicted octanol–water partition coefficient (Wildman–Crippen LogP) is 4.58. The van der Waals surface area contributed by atoms with Gasteiger partial charge in [0.15, 0.2) is 15.6 Å². The maximum Gasteiger partial charge on any atom is 0.234 e. The fraction of sp³-hybridized carbons (Fsp3) is 0.235. The second-order valence-corrected chi connectivity index (χ2v) is 7.13. The largest absolute Gasteiger partial charge is 0.446 e. The zero-order valence-electron chi connectivity index (χ0n) is 13.9. The van der Waals surface area contributed by atoms with Crippen molar-refractivity contribution < 1.29 is 13.6 Å². The molecule has 2 heterocycles. The SMILES string of the molecule is CCCn1c(SCC(=O)Nc2ccc(F)cc2)nnc1-c1ccc(Br)o1. The molecule has 1 N–H and O–H groups in total. The Bertz CT molecular complexity index is 895. The third-order valence-corrected chi connectivity index (χ3v) is 4.81. The van der Waals surface area contributed by atoms with Crippen LogP contribution < -0.4 is 5.32 Å². The molecule has 0 atom stereocenters. The van der Waals surface area contributed by atoms with E-state index in [0.717, 1.165) is 6.42 Å². The van der Waals surface area contributed by atoms with Crippen molar-refractivity contribution in [3.05, 3.63) is 46.9 Å². The number of furan rings is 1. The number of aromatic nitrogens is 3. The smallest absolute Gasteiger partial charge is 0.234 e. The zero-order chi connectivity index (χ0) is 18.5. The van der Waals surface area contributed by atoms with Crippen molar-refractivity contribution in [2.45, 2.75) is 25.0 Å². The lowest BCUT2D eigenvalue weighted by Gasteiger charge is -2.08. The van der Waals surface area contributed by atoms with Gasteiger partial charge in [0.1, 0.15) is 5.82 Å². The molecule has 0 aliphatic carbocycles. The van der Waals surface area contributed by atoms with E-state index in [1.165, 1.54) is 36.0 Å². The second-order valence-electron chi connectivity index (χ2n) is 5.41. The van der Waals surface area contributed by atoms with E-state index < -0.39 is 0 Å². The van der Waals surface area contributed by atoms with Gasteiger partial charge in [-0.25, -0.2) is 4.39 Å². The van der Waals surface area contributed by atoms with Gasteiger partial charge in [0.2, 0.25) is 11.7 Å². The van der Waals surface area contributed by atoms with Crippen molar-refractivity contribution >= 4 is 39.3 Å². The van der Waals surface area contributed by atoms with Crippen LogP contribution in [0.1, 0.15) is 13.3 Å². The predicted molar refractivity (Wildman–Crippen MR) is 101 cm³/mol. The molecule has 0 saturated carbocycles. The van der Waals surface area contributed by atoms with E-state index in [-0.39, 0.29) is 17.5 Å². The number of halogens is 2. The van der Waals surface area contributed by atoms with Crippen molar-refractivity contribution in [1.82, 2.24) is 14.8 Å². The first-order chi connectivity index (χ1) is 12.6. The van der Waals surface area contributed by atoms with Crippen LogP contribution in [0.25, 0.3) is 11.6 Å². The number of amides is 1. The average molecular weight is 439 g/mol. The molecule has 0 aliphatic heterocycles. The molecule has 3 rings (SSSR count). The summed E-state index contributed by atoms with van der Waals surface area (Å²) < 4.78 is 21.0. The minimum atomic E-state index is -0.345. The number of carbonyl (C=O) groups is 1. The molecule has 0 bridgehead atoms. The number of nitrogens with zero attached hydrogens (tertiary/aromatic N) is 3. The molecule has 1 amide bonds. The summed E-state index contributed by atoms with van der Waals surface area (Å²) in [7, 11) is 0. The monoisotopic (exact) mass is 438 g/mol. The fourth-order valence-corrected chi connectivity index (χ4v) is 3.37. The highest BCUT2D eigenvalue weighted by Gasteiger charge is 2.17. The molecule has 0 radical (unpaired) electrons. The number of carbonyl (C=O) groups excluding carboxylic acids is 1. The molecule has 0 unspecified atom stereocenters. The standard InChI is InChI=1S/C17H16BrFN4O2S/c1-2-9-23-16(13-7-8-14(18)25-13)21-22-17(23)26-10-15(24)20-12-5-3-11(19)4-6-12/h3-8H,2,9-10H2,1H3,(H,20,24). The number of rotatable bonds is 7. The lowest BCUT2D eigenvalue weighted by Crippen LogP contribution is -2.14. The van der Waals surface area contributed by atoms with Crippen LogP contribution >= 0.6 is 27.7 Å². The van der Waals surface area contributed by atoms with Gasteiger partial charge in [0.05, 0.1) is 5.75 Å². The average Bonchev–Trinajstić information content (AvgIpc) is 3.22. The lowest BCUT2D eigenvalue weighted by atomic mass is 10.3. The summed E-state index contributed by atoms with van der Waals surface area (Å²) in [5, 5.41) is 11.7. The van der Waals surface area contributed by atoms with Crippen LogP contribution in [-0.4, -0.2) is 26.4 Å². The van der Waals surface area contributed by atoms with E-state index in [1.54, 1.807) is 6.07 Å². The quantitative estimate of drug-likeness (QED) is 0.546. The van der Waals surface area contributed by atoms with E-state index in [0.29, 0.717) is 33.6 Å². The van der Waals surface area contributed by atoms with E-state index in [4.69, 9.17) is 4.42 Å². The topological polar surface area (TPSA) is 73.0 Å². The first-order valence-corrected chi connectivity index (χ1v) is 9.72. The molecule has 3 aromatic rings. The van der Waals surface area contributed by atoms with Crippen LogP contribution in [0.4, 0.5) is 10.1 Å². The normalized spacial score (nSPS) is 10.9. The third-order valence-electron chi connectivity index (χ3n) is 3.42. The highest BCUT2D eigenvalue weighted by Crippen LogP contribution is 2.27. The number of benzene rings is 1. The first-order valence-electron chi connectivity index (χ1n) is 7.94. The maximum atomic E-state index is 12.9. The molecule has 26 heavy (non-hydrogen) atoms. The van der Waals surface area contributed by atoms with Crippen molar-refractivity contribution in [3.8, 4) is 11.6 Å². The van der Waals surface area contributed by atoms with Gasteiger partial charge in [0.25, 0.3) is 0 Å². The van der Waals surface area contributed by atoms with Gasteiger partial charge in [-0.1, -0.05) is 18.7 Å². The van der Waals surface area contributed by atoms with Crippen LogP contribution in [0.15, 0.2) is 50.6 Å². The molecule has 0 spiro atoms. The Morgan fingerprint density at radius 2 is 2.04 bits per heavy atom. The Kier molecular flexibility index (Phi) is 6.10. The Labute approximate surface area is 162 Å². The van der Waals surface area contributed by atoms with Crippen molar-refractivity contribution in [1.29, 1.82) is 0 Å². The minimum Gasteiger partial charge on any atom is -0.446 e. The van der Waals surface area contributed by atoms with E-state index in [2.05, 4.69) is 38.4 Å². The lowest BCUT2D eigenvalue weighted by molar-refractivity contribution is -0.113. The maximum absolute atomic E-state index is 12.9. The van der Waals surface area contributed by atoms with Crippen LogP contribution in [0.2, 0.25) is 0 Å². The highest BCUT2D eigenvalue weighted by atomic mass is 79.9. The van der Waals surface area contributed by atoms with Crippen molar-refractivity contribution in [3.63, 3.8) is 0 Å². The molecular formula is C17H16BrFN4O2S. The summed E-state index contributed by atoms with van der Waals surface area (Å²) in [4.78, 5) is 12.1. The summed E-state index contributed by atoms with van der Waals surface area (Å²) in [6.45, 7) is 2.76. The highest BCUT2D eigenvalue weighted by molar-refractivity contribution is 9.10. The van der Waals surface area contributed by atoms with Gasteiger partial charge < -0.3 is 9.73 Å². The zero-order valence-corrected chi connectivity index (χ0v) is 16.3. The molecule has 2 aromatic heterocycles. The van der Waals surface area contributed by atoms with Gasteiger partial charge in [-0.2, -0.15) is 0 Å². The van der Waals surface area contributed by atoms with E-state index >= 15 is 0 Å². The molecular weight excluding hydrogens is 423 g/mol. The van der Waals surface area contributed by atoms with Crippen molar-refractivity contribution in [2.24, 2.45) is 0 Å². The van der Waals surface area contributed by atoms with Gasteiger partial charge in [-0.3, -0.25) is 9.36 Å². The fourth-order valence-electron chi connectivity index (χ4n) is 2.30. The number of nitrogens with one attached hydrogen (secondary N) is 1. The molecule has 1 aromatic carbocycles. The van der Waals surface area contributed by atoms with E-state index in [9.17, 15) is 9.18 Å². The molecule has 136 valence electrons. The number of hydrogen-bond acceptors (Lipinski definition) is 5. The molecule has 0 fully saturated rings. The Hall–Kier alpha value is -2.13. The minimum absolute atomic E-state index is 0.168. The van der Waals surface area contributed by atoms with Crippen LogP contribution in [0.5, 0.6) is 0 Å². The third kappa shape index (κ3) is 4.53. The van der Waals surface area contributed by atoms with Crippen LogP contribution in [0, 0.1) is 5.82 Å². The van der Waals surface area contributed by atoms with Gasteiger partial charge >= 0.3 is 0 Å². The summed E-state index contributed by atoms with van der Waals surface area (Å²) in [6.07, 6.45) is 0.891. The number of thioether (sulfide) groups is 1. The molecule has 0 aliphatic rings. The number of anilines is 1. The summed E-state index contributed by atoms with van der Waals surface area (Å²) in [5.74, 6) is 0.859. The molecule has 0 saturated heterocycles. The van der Waals surface area contributed by atoms with Gasteiger partial charge in [0, 0.05) is 12.2 Å². The van der Waals surface area contributed by atoms with Gasteiger partial charge in [-0.05, 0) is 58.7 Å². The second kappa shape index (κ2) is 8.50. The summed E-state index contributed by atoms with van der Waals surface area (Å²) in [6, 6.07) is 9.25. The van der Waals surface area contributed by atoms with Gasteiger partial charge in [-0.15, -0.1) is 10.2 Å². The molecule has 6 nitrogen and oxygen atoms in total. The summed E-state index contributed by atoms with van der Waals surface area (Å²) in [5.41, 5.74) is 0.549. The van der Waals surface area contributed by atoms with E-state index in [1.807, 2.05) is 10.6 Å². The first kappa shape index (κ1) is 18.7. The van der Waals surface area contributed by atoms with Crippen LogP contribution in [0.3, 0.4) is 0 Å². The van der Waals surface area contributed by atoms with Crippen LogP contribution in [-0.2, 0) is 11.3 Å².